The Labute approximate surface area is 176 Å². The predicted molar refractivity (Wildman–Crippen MR) is 113 cm³/mol. The van der Waals surface area contributed by atoms with Gasteiger partial charge in [-0.3, -0.25) is 9.47 Å². The van der Waals surface area contributed by atoms with Crippen LogP contribution in [0.15, 0.2) is 35.1 Å². The van der Waals surface area contributed by atoms with E-state index in [1.807, 2.05) is 24.3 Å². The lowest BCUT2D eigenvalue weighted by molar-refractivity contribution is 0.247. The third-order valence-electron chi connectivity index (χ3n) is 5.39. The van der Waals surface area contributed by atoms with Crippen molar-refractivity contribution in [1.29, 1.82) is 0 Å². The van der Waals surface area contributed by atoms with Gasteiger partial charge in [-0.25, -0.2) is 18.0 Å². The van der Waals surface area contributed by atoms with E-state index in [1.165, 1.54) is 6.92 Å². The molecule has 1 aromatic heterocycles. The lowest BCUT2D eigenvalue weighted by Gasteiger charge is -2.36. The number of fused-ring (bicyclic) bond motifs is 1. The molecule has 156 valence electrons. The van der Waals surface area contributed by atoms with Gasteiger partial charge < -0.3 is 9.88 Å². The minimum atomic E-state index is -1.14. The number of benzene rings is 2. The Hall–Kier alpha value is -2.26. The third-order valence-corrected chi connectivity index (χ3v) is 5.39. The molecular weight excluding hydrogens is 449 g/mol. The molecule has 0 aliphatic carbocycles. The smallest absolute Gasteiger partial charge is 0.326 e. The molecule has 1 N–H and O–H groups in total. The number of piperazine rings is 1. The van der Waals surface area contributed by atoms with Crippen LogP contribution >= 0.6 is 17.0 Å². The average Bonchev–Trinajstić information content (AvgIpc) is 3.03. The van der Waals surface area contributed by atoms with Crippen LogP contribution in [0, 0.1) is 24.4 Å². The second-order valence-corrected chi connectivity index (χ2v) is 7.06. The Morgan fingerprint density at radius 3 is 2.41 bits per heavy atom. The average molecular weight is 471 g/mol. The van der Waals surface area contributed by atoms with Gasteiger partial charge in [0, 0.05) is 50.9 Å². The number of aromatic amines is 1. The molecule has 29 heavy (non-hydrogen) atoms. The Morgan fingerprint density at radius 1 is 1.00 bits per heavy atom. The van der Waals surface area contributed by atoms with Crippen molar-refractivity contribution in [3.63, 3.8) is 0 Å². The number of para-hydroxylation sites is 2. The molecule has 3 aromatic rings. The SMILES string of the molecule is Br.Cc1c(F)c(F)cc(N2CCN(CCn3c(=O)[nH]c4ccccc43)CC2)c1F. The van der Waals surface area contributed by atoms with Crippen LogP contribution in [-0.4, -0.2) is 47.2 Å². The maximum absolute atomic E-state index is 14.3. The van der Waals surface area contributed by atoms with E-state index < -0.39 is 17.5 Å². The van der Waals surface area contributed by atoms with Crippen LogP contribution in [0.4, 0.5) is 18.9 Å². The molecule has 2 aromatic carbocycles. The largest absolute Gasteiger partial charge is 0.367 e. The normalized spacial score (nSPS) is 15.0. The first-order valence-electron chi connectivity index (χ1n) is 9.24. The summed E-state index contributed by atoms with van der Waals surface area (Å²) >= 11 is 0. The summed E-state index contributed by atoms with van der Waals surface area (Å²) in [6.45, 7) is 4.76. The Morgan fingerprint density at radius 2 is 1.69 bits per heavy atom. The first kappa shape index (κ1) is 21.4. The van der Waals surface area contributed by atoms with Crippen molar-refractivity contribution in [3.8, 4) is 0 Å². The molecule has 0 spiro atoms. The first-order valence-corrected chi connectivity index (χ1v) is 9.24. The highest BCUT2D eigenvalue weighted by Crippen LogP contribution is 2.27. The highest BCUT2D eigenvalue weighted by Gasteiger charge is 2.23. The molecule has 0 radical (unpaired) electrons. The molecular formula is C20H22BrF3N4O. The zero-order valence-corrected chi connectivity index (χ0v) is 17.6. The molecule has 0 unspecified atom stereocenters. The topological polar surface area (TPSA) is 44.3 Å². The minimum Gasteiger partial charge on any atom is -0.367 e. The fourth-order valence-electron chi connectivity index (χ4n) is 3.73. The number of hydrogen-bond donors (Lipinski definition) is 1. The third kappa shape index (κ3) is 4.06. The number of hydrogen-bond acceptors (Lipinski definition) is 3. The summed E-state index contributed by atoms with van der Waals surface area (Å²) in [6, 6.07) is 8.47. The molecule has 4 rings (SSSR count). The number of nitrogens with zero attached hydrogens (tertiary/aromatic N) is 3. The van der Waals surface area contributed by atoms with Crippen LogP contribution in [0.1, 0.15) is 5.56 Å². The quantitative estimate of drug-likeness (QED) is 0.593. The molecule has 0 bridgehead atoms. The van der Waals surface area contributed by atoms with Gasteiger partial charge in [-0.2, -0.15) is 0 Å². The molecule has 9 heteroatoms. The number of rotatable bonds is 4. The van der Waals surface area contributed by atoms with Gasteiger partial charge in [-0.05, 0) is 19.1 Å². The Kier molecular flexibility index (Phi) is 6.38. The van der Waals surface area contributed by atoms with Crippen molar-refractivity contribution in [2.45, 2.75) is 13.5 Å². The number of imidazole rings is 1. The zero-order chi connectivity index (χ0) is 19.8. The Bertz CT molecular complexity index is 1070. The molecule has 1 aliphatic rings. The minimum absolute atomic E-state index is 0. The van der Waals surface area contributed by atoms with Gasteiger partial charge in [0.2, 0.25) is 0 Å². The lowest BCUT2D eigenvalue weighted by Crippen LogP contribution is -2.47. The molecule has 1 saturated heterocycles. The van der Waals surface area contributed by atoms with Crippen molar-refractivity contribution >= 4 is 33.7 Å². The number of halogens is 4. The standard InChI is InChI=1S/C20H21F3N4O.BrH/c1-13-18(22)14(21)12-17(19(13)23)26-9-6-25(7-10-26)8-11-27-16-5-3-2-4-15(16)24-20(27)28;/h2-5,12H,6-11H2,1H3,(H,24,28);1H. The van der Waals surface area contributed by atoms with Crippen LogP contribution in [0.3, 0.4) is 0 Å². The number of anilines is 1. The van der Waals surface area contributed by atoms with Gasteiger partial charge in [-0.15, -0.1) is 17.0 Å². The molecule has 0 saturated carbocycles. The van der Waals surface area contributed by atoms with E-state index in [-0.39, 0.29) is 33.9 Å². The first-order chi connectivity index (χ1) is 13.5. The predicted octanol–water partition coefficient (Wildman–Crippen LogP) is 3.46. The maximum atomic E-state index is 14.3. The van der Waals surface area contributed by atoms with Crippen molar-refractivity contribution in [2.75, 3.05) is 37.6 Å². The van der Waals surface area contributed by atoms with Crippen molar-refractivity contribution < 1.29 is 13.2 Å². The summed E-state index contributed by atoms with van der Waals surface area (Å²) in [7, 11) is 0. The maximum Gasteiger partial charge on any atom is 0.326 e. The monoisotopic (exact) mass is 470 g/mol. The highest BCUT2D eigenvalue weighted by molar-refractivity contribution is 8.93. The Balaban J connectivity index is 0.00000240. The number of aromatic nitrogens is 2. The number of H-pyrrole nitrogens is 1. The van der Waals surface area contributed by atoms with Crippen LogP contribution in [0.2, 0.25) is 0 Å². The van der Waals surface area contributed by atoms with Gasteiger partial charge in [0.15, 0.2) is 17.5 Å². The fraction of sp³-hybridized carbons (Fsp3) is 0.350. The van der Waals surface area contributed by atoms with Gasteiger partial charge in [-0.1, -0.05) is 12.1 Å². The van der Waals surface area contributed by atoms with Crippen LogP contribution < -0.4 is 10.6 Å². The fourth-order valence-corrected chi connectivity index (χ4v) is 3.73. The van der Waals surface area contributed by atoms with Gasteiger partial charge in [0.1, 0.15) is 0 Å². The van der Waals surface area contributed by atoms with Crippen LogP contribution in [0.25, 0.3) is 11.0 Å². The molecule has 2 heterocycles. The summed E-state index contributed by atoms with van der Waals surface area (Å²) in [5.41, 5.74) is 1.34. The van der Waals surface area contributed by atoms with E-state index in [9.17, 15) is 18.0 Å². The van der Waals surface area contributed by atoms with Crippen LogP contribution in [0.5, 0.6) is 0 Å². The second kappa shape index (κ2) is 8.62. The van der Waals surface area contributed by atoms with Crippen LogP contribution in [-0.2, 0) is 6.54 Å². The molecule has 0 amide bonds. The van der Waals surface area contributed by atoms with Crippen molar-refractivity contribution in [2.24, 2.45) is 0 Å². The van der Waals surface area contributed by atoms with E-state index in [2.05, 4.69) is 9.88 Å². The molecule has 1 fully saturated rings. The van der Waals surface area contributed by atoms with E-state index in [0.29, 0.717) is 39.3 Å². The van der Waals surface area contributed by atoms with Crippen molar-refractivity contribution in [3.05, 3.63) is 63.8 Å². The van der Waals surface area contributed by atoms with Crippen molar-refractivity contribution in [1.82, 2.24) is 14.5 Å². The van der Waals surface area contributed by atoms with Gasteiger partial charge in [0.25, 0.3) is 0 Å². The van der Waals surface area contributed by atoms with Gasteiger partial charge >= 0.3 is 5.69 Å². The van der Waals surface area contributed by atoms with E-state index >= 15 is 0 Å². The number of nitrogens with one attached hydrogen (secondary N) is 1. The summed E-state index contributed by atoms with van der Waals surface area (Å²) < 4.78 is 43.2. The van der Waals surface area contributed by atoms with E-state index in [4.69, 9.17) is 0 Å². The highest BCUT2D eigenvalue weighted by atomic mass is 79.9. The molecule has 0 atom stereocenters. The summed E-state index contributed by atoms with van der Waals surface area (Å²) in [4.78, 5) is 18.9. The van der Waals surface area contributed by atoms with Gasteiger partial charge in [0.05, 0.1) is 16.7 Å². The summed E-state index contributed by atoms with van der Waals surface area (Å²) in [6.07, 6.45) is 0. The molecule has 5 nitrogen and oxygen atoms in total. The zero-order valence-electron chi connectivity index (χ0n) is 15.9. The molecule has 1 aliphatic heterocycles. The lowest BCUT2D eigenvalue weighted by atomic mass is 10.1. The second-order valence-electron chi connectivity index (χ2n) is 7.06. The van der Waals surface area contributed by atoms with E-state index in [1.54, 1.807) is 9.47 Å². The van der Waals surface area contributed by atoms with E-state index in [0.717, 1.165) is 17.1 Å². The summed E-state index contributed by atoms with van der Waals surface area (Å²) in [5, 5.41) is 0. The summed E-state index contributed by atoms with van der Waals surface area (Å²) in [5.74, 6) is -2.88.